The average Bonchev–Trinajstić information content (AvgIpc) is 2.84. The predicted octanol–water partition coefficient (Wildman–Crippen LogP) is 2.16. The highest BCUT2D eigenvalue weighted by atomic mass is 19.1. The third-order valence-corrected chi connectivity index (χ3v) is 3.62. The third kappa shape index (κ3) is 2.63. The van der Waals surface area contributed by atoms with Crippen LogP contribution in [0.1, 0.15) is 23.0 Å². The summed E-state index contributed by atoms with van der Waals surface area (Å²) >= 11 is 0. The van der Waals surface area contributed by atoms with E-state index in [1.54, 1.807) is 6.92 Å². The van der Waals surface area contributed by atoms with Gasteiger partial charge in [-0.1, -0.05) is 0 Å². The van der Waals surface area contributed by atoms with E-state index < -0.39 is 34.6 Å². The first kappa shape index (κ1) is 16.6. The number of fused-ring (bicyclic) bond motifs is 1. The van der Waals surface area contributed by atoms with Crippen molar-refractivity contribution in [2.75, 3.05) is 6.61 Å². The van der Waals surface area contributed by atoms with Gasteiger partial charge >= 0.3 is 5.97 Å². The number of aryl methyl sites for hydroxylation is 1. The van der Waals surface area contributed by atoms with Gasteiger partial charge in [0.25, 0.3) is 5.56 Å². The first-order chi connectivity index (χ1) is 11.8. The molecule has 2 heterocycles. The van der Waals surface area contributed by atoms with Gasteiger partial charge < -0.3 is 14.8 Å². The maximum Gasteiger partial charge on any atom is 0.349 e. The normalized spacial score (nSPS) is 11.0. The second-order valence-electron chi connectivity index (χ2n) is 5.22. The number of hydrogen-bond acceptors (Lipinski definition) is 5. The van der Waals surface area contributed by atoms with Gasteiger partial charge in [-0.25, -0.2) is 13.6 Å². The van der Waals surface area contributed by atoms with E-state index in [4.69, 9.17) is 4.74 Å². The summed E-state index contributed by atoms with van der Waals surface area (Å²) in [5.41, 5.74) is -1.14. The SMILES string of the molecule is CCOC(=O)c1c(O)[nH]c2c(-c3ccc(F)cc3F)c(C)nn2c1=O. The summed E-state index contributed by atoms with van der Waals surface area (Å²) in [6.07, 6.45) is 0. The summed E-state index contributed by atoms with van der Waals surface area (Å²) in [6, 6.07) is 2.96. The molecular weight excluding hydrogens is 336 g/mol. The second kappa shape index (κ2) is 6.00. The van der Waals surface area contributed by atoms with Crippen molar-refractivity contribution in [1.82, 2.24) is 14.6 Å². The van der Waals surface area contributed by atoms with Crippen molar-refractivity contribution < 1.29 is 23.4 Å². The molecule has 2 aromatic heterocycles. The van der Waals surface area contributed by atoms with Gasteiger partial charge in [0.15, 0.2) is 5.56 Å². The minimum atomic E-state index is -1.01. The van der Waals surface area contributed by atoms with Crippen molar-refractivity contribution in [3.63, 3.8) is 0 Å². The Labute approximate surface area is 139 Å². The number of rotatable bonds is 3. The second-order valence-corrected chi connectivity index (χ2v) is 5.22. The molecule has 3 aromatic rings. The highest BCUT2D eigenvalue weighted by Crippen LogP contribution is 2.30. The van der Waals surface area contributed by atoms with Gasteiger partial charge in [-0.05, 0) is 26.0 Å². The third-order valence-electron chi connectivity index (χ3n) is 3.62. The van der Waals surface area contributed by atoms with E-state index in [2.05, 4.69) is 10.1 Å². The molecule has 0 aliphatic carbocycles. The summed E-state index contributed by atoms with van der Waals surface area (Å²) in [7, 11) is 0. The number of hydrogen-bond donors (Lipinski definition) is 2. The number of nitrogens with zero attached hydrogens (tertiary/aromatic N) is 2. The molecule has 25 heavy (non-hydrogen) atoms. The number of esters is 1. The van der Waals surface area contributed by atoms with Crippen molar-refractivity contribution in [2.24, 2.45) is 0 Å². The van der Waals surface area contributed by atoms with Gasteiger partial charge in [0.05, 0.1) is 17.9 Å². The summed E-state index contributed by atoms with van der Waals surface area (Å²) in [6.45, 7) is 3.08. The van der Waals surface area contributed by atoms with Crippen LogP contribution in [-0.2, 0) is 4.74 Å². The Morgan fingerprint density at radius 3 is 2.76 bits per heavy atom. The number of halogens is 2. The molecule has 0 amide bonds. The number of nitrogens with one attached hydrogen (secondary N) is 1. The van der Waals surface area contributed by atoms with Gasteiger partial charge in [-0.2, -0.15) is 9.61 Å². The topological polar surface area (TPSA) is 96.7 Å². The molecule has 0 radical (unpaired) electrons. The van der Waals surface area contributed by atoms with Crippen LogP contribution in [0.3, 0.4) is 0 Å². The van der Waals surface area contributed by atoms with Crippen LogP contribution in [0.2, 0.25) is 0 Å². The van der Waals surface area contributed by atoms with Crippen LogP contribution in [0.4, 0.5) is 8.78 Å². The molecule has 1 aromatic carbocycles. The zero-order valence-corrected chi connectivity index (χ0v) is 13.3. The molecule has 130 valence electrons. The molecule has 0 bridgehead atoms. The van der Waals surface area contributed by atoms with Crippen LogP contribution >= 0.6 is 0 Å². The minimum Gasteiger partial charge on any atom is -0.494 e. The standard InChI is InChI=1S/C16H13F2N3O4/c1-3-25-16(24)12-14(22)19-13-11(7(2)20-21(13)15(12)23)9-5-4-8(17)6-10(9)18/h4-6,19,22H,3H2,1-2H3. The van der Waals surface area contributed by atoms with E-state index in [9.17, 15) is 23.5 Å². The van der Waals surface area contributed by atoms with Crippen molar-refractivity contribution in [2.45, 2.75) is 13.8 Å². The number of benzene rings is 1. The van der Waals surface area contributed by atoms with Gasteiger partial charge in [-0.3, -0.25) is 4.79 Å². The van der Waals surface area contributed by atoms with E-state index in [0.717, 1.165) is 10.6 Å². The Hall–Kier alpha value is -3.23. The smallest absolute Gasteiger partial charge is 0.349 e. The van der Waals surface area contributed by atoms with Gasteiger partial charge in [0.2, 0.25) is 5.88 Å². The lowest BCUT2D eigenvalue weighted by atomic mass is 10.1. The van der Waals surface area contributed by atoms with Crippen molar-refractivity contribution >= 4 is 11.6 Å². The van der Waals surface area contributed by atoms with Crippen molar-refractivity contribution in [1.29, 1.82) is 0 Å². The molecule has 0 aliphatic rings. The number of H-pyrrole nitrogens is 1. The number of aromatic nitrogens is 3. The Kier molecular flexibility index (Phi) is 3.99. The molecule has 0 atom stereocenters. The van der Waals surface area contributed by atoms with Crippen molar-refractivity contribution in [3.05, 3.63) is 51.4 Å². The highest BCUT2D eigenvalue weighted by Gasteiger charge is 2.25. The largest absolute Gasteiger partial charge is 0.494 e. The fourth-order valence-electron chi connectivity index (χ4n) is 2.57. The predicted molar refractivity (Wildman–Crippen MR) is 83.5 cm³/mol. The van der Waals surface area contributed by atoms with Crippen LogP contribution in [0.5, 0.6) is 5.88 Å². The molecule has 7 nitrogen and oxygen atoms in total. The van der Waals surface area contributed by atoms with Crippen LogP contribution in [0.15, 0.2) is 23.0 Å². The van der Waals surface area contributed by atoms with E-state index in [1.165, 1.54) is 13.0 Å². The molecule has 0 aliphatic heterocycles. The Morgan fingerprint density at radius 2 is 2.12 bits per heavy atom. The average molecular weight is 349 g/mol. The van der Waals surface area contributed by atoms with E-state index in [0.29, 0.717) is 6.07 Å². The number of aromatic hydroxyl groups is 1. The Balaban J connectivity index is 2.32. The van der Waals surface area contributed by atoms with Crippen LogP contribution < -0.4 is 5.56 Å². The zero-order chi connectivity index (χ0) is 18.3. The number of carbonyl (C=O) groups is 1. The van der Waals surface area contributed by atoms with E-state index in [1.807, 2.05) is 0 Å². The van der Waals surface area contributed by atoms with Gasteiger partial charge in [0.1, 0.15) is 17.3 Å². The first-order valence-electron chi connectivity index (χ1n) is 7.32. The van der Waals surface area contributed by atoms with Crippen LogP contribution in [0, 0.1) is 18.6 Å². The maximum absolute atomic E-state index is 14.1. The molecule has 9 heteroatoms. The molecule has 3 rings (SSSR count). The summed E-state index contributed by atoms with van der Waals surface area (Å²) in [5, 5.41) is 14.0. The summed E-state index contributed by atoms with van der Waals surface area (Å²) < 4.78 is 32.8. The zero-order valence-electron chi connectivity index (χ0n) is 13.3. The Bertz CT molecular complexity index is 1060. The summed E-state index contributed by atoms with van der Waals surface area (Å²) in [4.78, 5) is 26.8. The van der Waals surface area contributed by atoms with Crippen LogP contribution in [-0.4, -0.2) is 32.3 Å². The fraction of sp³-hybridized carbons (Fsp3) is 0.188. The molecule has 0 saturated carbocycles. The lowest BCUT2D eigenvalue weighted by Crippen LogP contribution is -2.25. The fourth-order valence-corrected chi connectivity index (χ4v) is 2.57. The van der Waals surface area contributed by atoms with Crippen LogP contribution in [0.25, 0.3) is 16.8 Å². The number of aromatic amines is 1. The van der Waals surface area contributed by atoms with E-state index >= 15 is 0 Å². The lowest BCUT2D eigenvalue weighted by molar-refractivity contribution is 0.0519. The van der Waals surface area contributed by atoms with Gasteiger partial charge in [-0.15, -0.1) is 0 Å². The maximum atomic E-state index is 14.1. The molecule has 2 N–H and O–H groups in total. The quantitative estimate of drug-likeness (QED) is 0.707. The lowest BCUT2D eigenvalue weighted by Gasteiger charge is -2.06. The van der Waals surface area contributed by atoms with Gasteiger partial charge in [0, 0.05) is 11.6 Å². The molecular formula is C16H13F2N3O4. The number of ether oxygens (including phenoxy) is 1. The van der Waals surface area contributed by atoms with Crippen molar-refractivity contribution in [3.8, 4) is 17.0 Å². The first-order valence-corrected chi connectivity index (χ1v) is 7.32. The van der Waals surface area contributed by atoms with E-state index in [-0.39, 0.29) is 29.1 Å². The minimum absolute atomic E-state index is 0.00663. The molecule has 0 spiro atoms. The Morgan fingerprint density at radius 1 is 1.40 bits per heavy atom. The molecule has 0 saturated heterocycles. The molecule has 0 fully saturated rings. The monoisotopic (exact) mass is 349 g/mol. The number of carbonyl (C=O) groups excluding carboxylic acids is 1. The highest BCUT2D eigenvalue weighted by molar-refractivity contribution is 5.92. The molecule has 0 unspecified atom stereocenters. The summed E-state index contributed by atoms with van der Waals surface area (Å²) in [5.74, 6) is -3.34.